The van der Waals surface area contributed by atoms with E-state index in [0.717, 1.165) is 23.4 Å². The molecule has 1 aliphatic heterocycles. The van der Waals surface area contributed by atoms with E-state index in [-0.39, 0.29) is 5.54 Å². The Hall–Kier alpha value is -1.93. The van der Waals surface area contributed by atoms with Crippen molar-refractivity contribution in [3.63, 3.8) is 0 Å². The third-order valence-corrected chi connectivity index (χ3v) is 2.99. The number of guanidine groups is 1. The van der Waals surface area contributed by atoms with E-state index in [9.17, 15) is 0 Å². The standard InChI is InChI=1S/C14H21N5/c1-5-6-7-9-8-19(14(2,3)4)12-10(9)11(15)17-13(16)18-12/h8,11H,5,15H2,1-4H3,(H3,16,17,18). The zero-order chi connectivity index (χ0) is 14.2. The number of fused-ring (bicyclic) bond motifs is 1. The molecule has 0 spiro atoms. The summed E-state index contributed by atoms with van der Waals surface area (Å²) < 4.78 is 2.11. The van der Waals surface area contributed by atoms with Gasteiger partial charge in [0.1, 0.15) is 12.0 Å². The molecule has 0 aromatic carbocycles. The van der Waals surface area contributed by atoms with Gasteiger partial charge in [0.2, 0.25) is 0 Å². The highest BCUT2D eigenvalue weighted by atomic mass is 15.3. The Bertz CT molecular complexity index is 577. The van der Waals surface area contributed by atoms with Gasteiger partial charge in [-0.05, 0) is 20.8 Å². The number of aliphatic imine (C=N–C) groups is 1. The summed E-state index contributed by atoms with van der Waals surface area (Å²) in [7, 11) is 0. The Morgan fingerprint density at radius 3 is 2.74 bits per heavy atom. The third-order valence-electron chi connectivity index (χ3n) is 2.99. The average molecular weight is 259 g/mol. The van der Waals surface area contributed by atoms with Gasteiger partial charge in [-0.3, -0.25) is 0 Å². The summed E-state index contributed by atoms with van der Waals surface area (Å²) in [4.78, 5) is 4.17. The molecule has 0 aliphatic carbocycles. The first-order valence-electron chi connectivity index (χ1n) is 6.45. The fraction of sp³-hybridized carbons (Fsp3) is 0.500. The second-order valence-corrected chi connectivity index (χ2v) is 5.59. The summed E-state index contributed by atoms with van der Waals surface area (Å²) in [5, 5.41) is 3.11. The van der Waals surface area contributed by atoms with E-state index in [4.69, 9.17) is 11.5 Å². The summed E-state index contributed by atoms with van der Waals surface area (Å²) in [5.41, 5.74) is 13.6. The first-order chi connectivity index (χ1) is 8.84. The van der Waals surface area contributed by atoms with Gasteiger partial charge in [0.25, 0.3) is 0 Å². The second kappa shape index (κ2) is 4.63. The fourth-order valence-corrected chi connectivity index (χ4v) is 2.13. The van der Waals surface area contributed by atoms with E-state index in [0.29, 0.717) is 5.96 Å². The number of hydrogen-bond acceptors (Lipinski definition) is 4. The van der Waals surface area contributed by atoms with E-state index < -0.39 is 6.17 Å². The molecule has 1 unspecified atom stereocenters. The predicted octanol–water partition coefficient (Wildman–Crippen LogP) is 1.70. The van der Waals surface area contributed by atoms with Crippen LogP contribution in [0.2, 0.25) is 0 Å². The topological polar surface area (TPSA) is 81.4 Å². The molecule has 1 atom stereocenters. The number of rotatable bonds is 0. The molecule has 0 saturated carbocycles. The van der Waals surface area contributed by atoms with Crippen molar-refractivity contribution in [1.29, 1.82) is 0 Å². The minimum atomic E-state index is -0.457. The van der Waals surface area contributed by atoms with Crippen LogP contribution >= 0.6 is 0 Å². The smallest absolute Gasteiger partial charge is 0.196 e. The fourth-order valence-electron chi connectivity index (χ4n) is 2.13. The predicted molar refractivity (Wildman–Crippen MR) is 78.8 cm³/mol. The summed E-state index contributed by atoms with van der Waals surface area (Å²) in [6.07, 6.45) is 2.37. The highest BCUT2D eigenvalue weighted by Crippen LogP contribution is 2.34. The molecule has 5 nitrogen and oxygen atoms in total. The molecule has 1 aromatic heterocycles. The maximum atomic E-state index is 6.08. The molecule has 1 aliphatic rings. The quantitative estimate of drug-likeness (QED) is 0.620. The molecule has 0 bridgehead atoms. The molecule has 1 aromatic rings. The van der Waals surface area contributed by atoms with Gasteiger partial charge >= 0.3 is 0 Å². The summed E-state index contributed by atoms with van der Waals surface area (Å²) in [5.74, 6) is 7.49. The van der Waals surface area contributed by atoms with Gasteiger partial charge in [-0.15, -0.1) is 0 Å². The lowest BCUT2D eigenvalue weighted by atomic mass is 10.1. The van der Waals surface area contributed by atoms with Crippen LogP contribution in [0.15, 0.2) is 11.2 Å². The van der Waals surface area contributed by atoms with Crippen LogP contribution < -0.4 is 16.8 Å². The van der Waals surface area contributed by atoms with Crippen molar-refractivity contribution in [1.82, 2.24) is 4.57 Å². The molecule has 0 radical (unpaired) electrons. The number of anilines is 1. The molecule has 2 heterocycles. The van der Waals surface area contributed by atoms with Crippen LogP contribution in [0.3, 0.4) is 0 Å². The zero-order valence-electron chi connectivity index (χ0n) is 11.9. The van der Waals surface area contributed by atoms with Crippen molar-refractivity contribution in [3.8, 4) is 11.8 Å². The van der Waals surface area contributed by atoms with Crippen molar-refractivity contribution in [3.05, 3.63) is 17.3 Å². The SMILES string of the molecule is CCC#Cc1cn(C(C)(C)C)c2c1C(N)N=C(N)N2. The van der Waals surface area contributed by atoms with Gasteiger partial charge in [-0.1, -0.05) is 18.8 Å². The largest absolute Gasteiger partial charge is 0.370 e. The van der Waals surface area contributed by atoms with Crippen molar-refractivity contribution in [2.24, 2.45) is 16.5 Å². The first-order valence-corrected chi connectivity index (χ1v) is 6.45. The third kappa shape index (κ3) is 2.45. The van der Waals surface area contributed by atoms with Gasteiger partial charge < -0.3 is 21.4 Å². The van der Waals surface area contributed by atoms with Crippen LogP contribution in [-0.4, -0.2) is 10.5 Å². The average Bonchev–Trinajstić information content (AvgIpc) is 2.64. The van der Waals surface area contributed by atoms with E-state index in [1.165, 1.54) is 0 Å². The summed E-state index contributed by atoms with van der Waals surface area (Å²) in [6, 6.07) is 0. The molecule has 0 saturated heterocycles. The Kier molecular flexibility index (Phi) is 3.29. The van der Waals surface area contributed by atoms with E-state index in [1.54, 1.807) is 0 Å². The molecular formula is C14H21N5. The van der Waals surface area contributed by atoms with Crippen molar-refractivity contribution >= 4 is 11.8 Å². The van der Waals surface area contributed by atoms with E-state index >= 15 is 0 Å². The highest BCUT2D eigenvalue weighted by Gasteiger charge is 2.28. The first kappa shape index (κ1) is 13.5. The van der Waals surface area contributed by atoms with Gasteiger partial charge in [-0.2, -0.15) is 0 Å². The van der Waals surface area contributed by atoms with Gasteiger partial charge in [0, 0.05) is 23.7 Å². The molecule has 102 valence electrons. The molecule has 5 heteroatoms. The lowest BCUT2D eigenvalue weighted by Crippen LogP contribution is -2.33. The molecule has 0 fully saturated rings. The number of hydrogen-bond donors (Lipinski definition) is 3. The molecule has 2 rings (SSSR count). The van der Waals surface area contributed by atoms with Crippen LogP contribution in [0.1, 0.15) is 51.4 Å². The Morgan fingerprint density at radius 2 is 2.16 bits per heavy atom. The molecule has 5 N–H and O–H groups in total. The van der Waals surface area contributed by atoms with E-state index in [1.807, 2.05) is 13.1 Å². The number of nitrogens with one attached hydrogen (secondary N) is 1. The van der Waals surface area contributed by atoms with Crippen LogP contribution in [0.25, 0.3) is 0 Å². The maximum Gasteiger partial charge on any atom is 0.196 e. The molecular weight excluding hydrogens is 238 g/mol. The van der Waals surface area contributed by atoms with Gasteiger partial charge in [0.15, 0.2) is 5.96 Å². The normalized spacial score (nSPS) is 17.9. The minimum Gasteiger partial charge on any atom is -0.370 e. The summed E-state index contributed by atoms with van der Waals surface area (Å²) in [6.45, 7) is 8.40. The van der Waals surface area contributed by atoms with Crippen molar-refractivity contribution in [2.45, 2.75) is 45.8 Å². The maximum absolute atomic E-state index is 6.08. The lowest BCUT2D eigenvalue weighted by molar-refractivity contribution is 0.403. The van der Waals surface area contributed by atoms with E-state index in [2.05, 4.69) is 47.5 Å². The number of nitrogens with zero attached hydrogens (tertiary/aromatic N) is 2. The number of aromatic nitrogens is 1. The minimum absolute atomic E-state index is 0.0828. The monoisotopic (exact) mass is 259 g/mol. The Morgan fingerprint density at radius 1 is 1.47 bits per heavy atom. The molecule has 19 heavy (non-hydrogen) atoms. The Balaban J connectivity index is 2.63. The van der Waals surface area contributed by atoms with Gasteiger partial charge in [0.05, 0.1) is 5.56 Å². The highest BCUT2D eigenvalue weighted by molar-refractivity contribution is 5.94. The van der Waals surface area contributed by atoms with Crippen LogP contribution in [-0.2, 0) is 5.54 Å². The Labute approximate surface area is 114 Å². The number of nitrogens with two attached hydrogens (primary N) is 2. The van der Waals surface area contributed by atoms with Gasteiger partial charge in [-0.25, -0.2) is 4.99 Å². The molecule has 0 amide bonds. The van der Waals surface area contributed by atoms with Crippen LogP contribution in [0, 0.1) is 11.8 Å². The summed E-state index contributed by atoms with van der Waals surface area (Å²) >= 11 is 0. The van der Waals surface area contributed by atoms with Crippen molar-refractivity contribution in [2.75, 3.05) is 5.32 Å². The van der Waals surface area contributed by atoms with Crippen molar-refractivity contribution < 1.29 is 0 Å². The zero-order valence-corrected chi connectivity index (χ0v) is 11.9. The van der Waals surface area contributed by atoms with Crippen LogP contribution in [0.5, 0.6) is 0 Å². The second-order valence-electron chi connectivity index (χ2n) is 5.59. The van der Waals surface area contributed by atoms with Crippen LogP contribution in [0.4, 0.5) is 5.82 Å². The lowest BCUT2D eigenvalue weighted by Gasteiger charge is -2.27.